The van der Waals surface area contributed by atoms with Crippen molar-refractivity contribution in [1.29, 1.82) is 0 Å². The van der Waals surface area contributed by atoms with Gasteiger partial charge in [0.1, 0.15) is 11.6 Å². The molecule has 0 atom stereocenters. The first kappa shape index (κ1) is 17.2. The lowest BCUT2D eigenvalue weighted by molar-refractivity contribution is 0.0955. The first-order valence-corrected chi connectivity index (χ1v) is 9.29. The third kappa shape index (κ3) is 3.96. The molecule has 0 saturated carbocycles. The van der Waals surface area contributed by atoms with Gasteiger partial charge in [-0.05, 0) is 52.9 Å². The molecule has 0 aliphatic carbocycles. The SMILES string of the molecule is O=C(NCc1cccc(-c2ncc(-c3ccc(F)cc3)[nH]2)c1)c1cccs1. The van der Waals surface area contributed by atoms with Crippen molar-refractivity contribution in [3.63, 3.8) is 0 Å². The molecule has 2 heterocycles. The fraction of sp³-hybridized carbons (Fsp3) is 0.0476. The number of aromatic nitrogens is 2. The van der Waals surface area contributed by atoms with Crippen molar-refractivity contribution in [2.75, 3.05) is 0 Å². The lowest BCUT2D eigenvalue weighted by Gasteiger charge is -2.06. The van der Waals surface area contributed by atoms with E-state index in [4.69, 9.17) is 0 Å². The zero-order valence-electron chi connectivity index (χ0n) is 14.3. The Morgan fingerprint density at radius 2 is 1.93 bits per heavy atom. The fourth-order valence-electron chi connectivity index (χ4n) is 2.75. The molecule has 2 N–H and O–H groups in total. The Morgan fingerprint density at radius 1 is 1.07 bits per heavy atom. The van der Waals surface area contributed by atoms with Gasteiger partial charge >= 0.3 is 0 Å². The van der Waals surface area contributed by atoms with Crippen LogP contribution in [0.1, 0.15) is 15.2 Å². The Hall–Kier alpha value is -3.25. The zero-order valence-corrected chi connectivity index (χ0v) is 15.1. The highest BCUT2D eigenvalue weighted by Gasteiger charge is 2.08. The molecule has 6 heteroatoms. The summed E-state index contributed by atoms with van der Waals surface area (Å²) in [6.07, 6.45) is 1.73. The normalized spacial score (nSPS) is 10.7. The highest BCUT2D eigenvalue weighted by atomic mass is 32.1. The van der Waals surface area contributed by atoms with Gasteiger partial charge in [-0.2, -0.15) is 0 Å². The van der Waals surface area contributed by atoms with Crippen LogP contribution in [0.15, 0.2) is 72.2 Å². The fourth-order valence-corrected chi connectivity index (χ4v) is 3.39. The number of nitrogens with one attached hydrogen (secondary N) is 2. The topological polar surface area (TPSA) is 57.8 Å². The summed E-state index contributed by atoms with van der Waals surface area (Å²) >= 11 is 1.42. The van der Waals surface area contributed by atoms with E-state index in [9.17, 15) is 9.18 Å². The van der Waals surface area contributed by atoms with E-state index in [-0.39, 0.29) is 11.7 Å². The first-order chi connectivity index (χ1) is 13.2. The van der Waals surface area contributed by atoms with Crippen molar-refractivity contribution in [2.24, 2.45) is 0 Å². The van der Waals surface area contributed by atoms with Crippen LogP contribution in [-0.4, -0.2) is 15.9 Å². The maximum Gasteiger partial charge on any atom is 0.261 e. The van der Waals surface area contributed by atoms with Gasteiger partial charge in [0.15, 0.2) is 0 Å². The van der Waals surface area contributed by atoms with Crippen molar-refractivity contribution in [2.45, 2.75) is 6.54 Å². The highest BCUT2D eigenvalue weighted by Crippen LogP contribution is 2.23. The number of H-pyrrole nitrogens is 1. The predicted molar refractivity (Wildman–Crippen MR) is 105 cm³/mol. The van der Waals surface area contributed by atoms with Gasteiger partial charge in [-0.15, -0.1) is 11.3 Å². The molecule has 0 aliphatic heterocycles. The number of benzene rings is 2. The van der Waals surface area contributed by atoms with Crippen LogP contribution >= 0.6 is 11.3 Å². The van der Waals surface area contributed by atoms with E-state index < -0.39 is 0 Å². The molecule has 1 amide bonds. The van der Waals surface area contributed by atoms with E-state index in [2.05, 4.69) is 15.3 Å². The molecule has 0 unspecified atom stereocenters. The van der Waals surface area contributed by atoms with Crippen LogP contribution in [0, 0.1) is 5.82 Å². The molecule has 134 valence electrons. The molecule has 4 aromatic rings. The summed E-state index contributed by atoms with van der Waals surface area (Å²) in [5.41, 5.74) is 3.60. The number of hydrogen-bond acceptors (Lipinski definition) is 3. The minimum atomic E-state index is -0.268. The summed E-state index contributed by atoms with van der Waals surface area (Å²) in [5.74, 6) is 0.378. The average molecular weight is 377 g/mol. The number of hydrogen-bond donors (Lipinski definition) is 2. The smallest absolute Gasteiger partial charge is 0.261 e. The van der Waals surface area contributed by atoms with Crippen molar-refractivity contribution in [3.8, 4) is 22.6 Å². The highest BCUT2D eigenvalue weighted by molar-refractivity contribution is 7.12. The quantitative estimate of drug-likeness (QED) is 0.521. The van der Waals surface area contributed by atoms with Crippen LogP contribution in [-0.2, 0) is 6.54 Å². The molecular formula is C21H16FN3OS. The molecule has 0 bridgehead atoms. The van der Waals surface area contributed by atoms with Crippen LogP contribution in [0.3, 0.4) is 0 Å². The Bertz CT molecular complexity index is 1060. The van der Waals surface area contributed by atoms with Gasteiger partial charge in [-0.3, -0.25) is 4.79 Å². The van der Waals surface area contributed by atoms with Gasteiger partial charge in [0.2, 0.25) is 0 Å². The third-order valence-electron chi connectivity index (χ3n) is 4.13. The van der Waals surface area contributed by atoms with Crippen LogP contribution in [0.5, 0.6) is 0 Å². The third-order valence-corrected chi connectivity index (χ3v) is 5.00. The van der Waals surface area contributed by atoms with E-state index in [0.29, 0.717) is 11.4 Å². The van der Waals surface area contributed by atoms with Crippen LogP contribution < -0.4 is 5.32 Å². The number of amides is 1. The molecule has 0 saturated heterocycles. The van der Waals surface area contributed by atoms with E-state index >= 15 is 0 Å². The van der Waals surface area contributed by atoms with Crippen LogP contribution in [0.4, 0.5) is 4.39 Å². The van der Waals surface area contributed by atoms with Gasteiger partial charge < -0.3 is 10.3 Å². The molecule has 2 aromatic heterocycles. The number of thiophene rings is 1. The molecule has 0 spiro atoms. The summed E-state index contributed by atoms with van der Waals surface area (Å²) in [7, 11) is 0. The number of halogens is 1. The molecule has 0 radical (unpaired) electrons. The van der Waals surface area contributed by atoms with Crippen molar-refractivity contribution in [3.05, 3.63) is 88.5 Å². The van der Waals surface area contributed by atoms with Crippen molar-refractivity contribution in [1.82, 2.24) is 15.3 Å². The second kappa shape index (κ2) is 7.55. The number of rotatable bonds is 5. The van der Waals surface area contributed by atoms with Gasteiger partial charge in [0, 0.05) is 12.1 Å². The van der Waals surface area contributed by atoms with Crippen LogP contribution in [0.2, 0.25) is 0 Å². The lowest BCUT2D eigenvalue weighted by atomic mass is 10.1. The summed E-state index contributed by atoms with van der Waals surface area (Å²) < 4.78 is 13.1. The van der Waals surface area contributed by atoms with Crippen molar-refractivity contribution < 1.29 is 9.18 Å². The number of carbonyl (C=O) groups excluding carboxylic acids is 1. The number of nitrogens with zero attached hydrogens (tertiary/aromatic N) is 1. The molecule has 2 aromatic carbocycles. The van der Waals surface area contributed by atoms with Crippen molar-refractivity contribution >= 4 is 17.2 Å². The minimum Gasteiger partial charge on any atom is -0.347 e. The first-order valence-electron chi connectivity index (χ1n) is 8.41. The average Bonchev–Trinajstić information content (AvgIpc) is 3.39. The molecule has 0 fully saturated rings. The Kier molecular flexibility index (Phi) is 4.80. The van der Waals surface area contributed by atoms with Crippen LogP contribution in [0.25, 0.3) is 22.6 Å². The summed E-state index contributed by atoms with van der Waals surface area (Å²) in [6, 6.07) is 17.8. The lowest BCUT2D eigenvalue weighted by Crippen LogP contribution is -2.21. The van der Waals surface area contributed by atoms with E-state index in [0.717, 1.165) is 28.2 Å². The second-order valence-corrected chi connectivity index (χ2v) is 6.96. The Morgan fingerprint density at radius 3 is 2.70 bits per heavy atom. The van der Waals surface area contributed by atoms with E-state index in [1.165, 1.54) is 23.5 Å². The molecule has 4 nitrogen and oxygen atoms in total. The van der Waals surface area contributed by atoms with E-state index in [1.54, 1.807) is 24.4 Å². The van der Waals surface area contributed by atoms with Gasteiger partial charge in [-0.1, -0.05) is 24.3 Å². The number of carbonyl (C=O) groups is 1. The molecular weight excluding hydrogens is 361 g/mol. The largest absolute Gasteiger partial charge is 0.347 e. The maximum atomic E-state index is 13.1. The van der Waals surface area contributed by atoms with Gasteiger partial charge in [-0.25, -0.2) is 9.37 Å². The number of imidazole rings is 1. The van der Waals surface area contributed by atoms with Gasteiger partial charge in [0.05, 0.1) is 16.8 Å². The summed E-state index contributed by atoms with van der Waals surface area (Å²) in [5, 5.41) is 4.80. The molecule has 27 heavy (non-hydrogen) atoms. The summed E-state index contributed by atoms with van der Waals surface area (Å²) in [6.45, 7) is 0.441. The standard InChI is InChI=1S/C21H16FN3OS/c22-17-8-6-15(7-9-17)18-13-23-20(25-18)16-4-1-3-14(11-16)12-24-21(26)19-5-2-10-27-19/h1-11,13H,12H2,(H,23,25)(H,24,26). The molecule has 0 aliphatic rings. The zero-order chi connectivity index (χ0) is 18.6. The number of aromatic amines is 1. The maximum absolute atomic E-state index is 13.1. The van der Waals surface area contributed by atoms with E-state index in [1.807, 2.05) is 35.7 Å². The minimum absolute atomic E-state index is 0.0769. The van der Waals surface area contributed by atoms with Gasteiger partial charge in [0.25, 0.3) is 5.91 Å². The summed E-state index contributed by atoms with van der Waals surface area (Å²) in [4.78, 5) is 20.5. The Balaban J connectivity index is 1.49. The second-order valence-electron chi connectivity index (χ2n) is 6.01. The Labute approximate surface area is 159 Å². The monoisotopic (exact) mass is 377 g/mol. The predicted octanol–water partition coefficient (Wildman–Crippen LogP) is 4.87. The molecule has 4 rings (SSSR count).